The average molecular weight is 365 g/mol. The molecule has 1 fully saturated rings. The first kappa shape index (κ1) is 18.5. The molecule has 6 nitrogen and oxygen atoms in total. The van der Waals surface area contributed by atoms with Gasteiger partial charge in [-0.25, -0.2) is 13.1 Å². The first-order valence-electron chi connectivity index (χ1n) is 7.20. The van der Waals surface area contributed by atoms with Crippen molar-refractivity contribution in [3.63, 3.8) is 0 Å². The molecule has 134 valence electrons. The Labute approximate surface area is 137 Å². The van der Waals surface area contributed by atoms with Gasteiger partial charge in [0.1, 0.15) is 0 Å². The summed E-state index contributed by atoms with van der Waals surface area (Å²) in [6.45, 7) is 1.30. The third-order valence-corrected chi connectivity index (χ3v) is 5.31. The predicted molar refractivity (Wildman–Crippen MR) is 82.1 cm³/mol. The topological polar surface area (TPSA) is 101 Å². The van der Waals surface area contributed by atoms with E-state index in [9.17, 15) is 26.4 Å². The molecule has 0 aliphatic heterocycles. The normalized spacial score (nSPS) is 16.7. The minimum absolute atomic E-state index is 0.0586. The van der Waals surface area contributed by atoms with Crippen molar-refractivity contribution >= 4 is 21.6 Å². The zero-order valence-electron chi connectivity index (χ0n) is 12.9. The van der Waals surface area contributed by atoms with Gasteiger partial charge < -0.3 is 11.1 Å². The van der Waals surface area contributed by atoms with Crippen LogP contribution in [0.25, 0.3) is 0 Å². The molecule has 1 aromatic rings. The molecule has 0 atom stereocenters. The zero-order chi connectivity index (χ0) is 18.2. The molecule has 0 radical (unpaired) electrons. The number of anilines is 1. The molecule has 2 rings (SSSR count). The van der Waals surface area contributed by atoms with Gasteiger partial charge in [-0.05, 0) is 38.0 Å². The van der Waals surface area contributed by atoms with Crippen molar-refractivity contribution in [2.45, 2.75) is 42.8 Å². The molecule has 0 heterocycles. The van der Waals surface area contributed by atoms with Crippen molar-refractivity contribution in [2.75, 3.05) is 11.9 Å². The van der Waals surface area contributed by atoms with E-state index in [2.05, 4.69) is 10.0 Å². The number of primary amides is 1. The first-order chi connectivity index (χ1) is 10.9. The summed E-state index contributed by atoms with van der Waals surface area (Å²) in [5.41, 5.74) is 4.60. The summed E-state index contributed by atoms with van der Waals surface area (Å²) >= 11 is 0. The molecule has 1 aliphatic rings. The van der Waals surface area contributed by atoms with E-state index >= 15 is 0 Å². The van der Waals surface area contributed by atoms with E-state index in [1.165, 1.54) is 12.1 Å². The van der Waals surface area contributed by atoms with Crippen LogP contribution in [0, 0.1) is 0 Å². The third kappa shape index (κ3) is 4.84. The van der Waals surface area contributed by atoms with Gasteiger partial charge in [0.2, 0.25) is 10.0 Å². The van der Waals surface area contributed by atoms with Crippen LogP contribution in [0.4, 0.5) is 18.9 Å². The summed E-state index contributed by atoms with van der Waals surface area (Å²) in [7, 11) is -3.84. The maximum absolute atomic E-state index is 12.3. The summed E-state index contributed by atoms with van der Waals surface area (Å²) in [6.07, 6.45) is -4.00. The van der Waals surface area contributed by atoms with Crippen LogP contribution in [0.3, 0.4) is 0 Å². The lowest BCUT2D eigenvalue weighted by molar-refractivity contribution is -0.131. The number of rotatable bonds is 7. The molecule has 0 unspecified atom stereocenters. The molecular formula is C14H18F3N3O3S. The van der Waals surface area contributed by atoms with Gasteiger partial charge in [0.15, 0.2) is 0 Å². The molecule has 0 bridgehead atoms. The number of carbonyl (C=O) groups is 1. The van der Waals surface area contributed by atoms with Crippen LogP contribution in [0.2, 0.25) is 0 Å². The highest BCUT2D eigenvalue weighted by Gasteiger charge is 2.41. The molecule has 10 heteroatoms. The van der Waals surface area contributed by atoms with Crippen LogP contribution in [0.1, 0.15) is 36.5 Å². The number of nitrogens with two attached hydrogens (primary N) is 1. The lowest BCUT2D eigenvalue weighted by Crippen LogP contribution is -2.34. The van der Waals surface area contributed by atoms with Crippen molar-refractivity contribution in [3.05, 3.63) is 23.8 Å². The molecule has 1 aromatic carbocycles. The van der Waals surface area contributed by atoms with Gasteiger partial charge in [-0.3, -0.25) is 4.79 Å². The van der Waals surface area contributed by atoms with Crippen LogP contribution in [0.15, 0.2) is 23.1 Å². The second kappa shape index (κ2) is 6.25. The second-order valence-corrected chi connectivity index (χ2v) is 7.71. The highest BCUT2D eigenvalue weighted by Crippen LogP contribution is 2.36. The van der Waals surface area contributed by atoms with Gasteiger partial charge in [0.25, 0.3) is 5.91 Å². The van der Waals surface area contributed by atoms with Crippen LogP contribution in [-0.4, -0.2) is 32.6 Å². The van der Waals surface area contributed by atoms with E-state index in [0.717, 1.165) is 6.07 Å². The summed E-state index contributed by atoms with van der Waals surface area (Å²) in [5, 5.41) is 2.45. The van der Waals surface area contributed by atoms with Crippen molar-refractivity contribution < 1.29 is 26.4 Å². The summed E-state index contributed by atoms with van der Waals surface area (Å²) in [5.74, 6) is -0.931. The van der Waals surface area contributed by atoms with Crippen LogP contribution < -0.4 is 15.8 Å². The van der Waals surface area contributed by atoms with Gasteiger partial charge >= 0.3 is 6.18 Å². The fraction of sp³-hybridized carbons (Fsp3) is 0.500. The Morgan fingerprint density at radius 2 is 1.96 bits per heavy atom. The predicted octanol–water partition coefficient (Wildman–Crippen LogP) is 1.98. The molecule has 0 saturated heterocycles. The second-order valence-electron chi connectivity index (χ2n) is 6.03. The molecule has 0 aromatic heterocycles. The number of hydrogen-bond donors (Lipinski definition) is 3. The Hall–Kier alpha value is -1.81. The van der Waals surface area contributed by atoms with Gasteiger partial charge in [-0.2, -0.15) is 13.2 Å². The van der Waals surface area contributed by atoms with Gasteiger partial charge in [-0.15, -0.1) is 0 Å². The SMILES string of the molecule is CC1(NS(=O)(=O)c2ccc(NCCC(F)(F)F)c(C(N)=O)c2)CC1. The number of halogens is 3. The van der Waals surface area contributed by atoms with Gasteiger partial charge in [0, 0.05) is 17.8 Å². The van der Waals surface area contributed by atoms with Crippen molar-refractivity contribution in [3.8, 4) is 0 Å². The number of sulfonamides is 1. The highest BCUT2D eigenvalue weighted by atomic mass is 32.2. The van der Waals surface area contributed by atoms with E-state index in [4.69, 9.17) is 5.73 Å². The summed E-state index contributed by atoms with van der Waals surface area (Å²) < 4.78 is 63.6. The fourth-order valence-electron chi connectivity index (χ4n) is 2.06. The van der Waals surface area contributed by atoms with Crippen LogP contribution in [-0.2, 0) is 10.0 Å². The molecule has 24 heavy (non-hydrogen) atoms. The van der Waals surface area contributed by atoms with Gasteiger partial charge in [-0.1, -0.05) is 0 Å². The van der Waals surface area contributed by atoms with Gasteiger partial charge in [0.05, 0.1) is 16.9 Å². The van der Waals surface area contributed by atoms with Crippen molar-refractivity contribution in [1.82, 2.24) is 4.72 Å². The van der Waals surface area contributed by atoms with Crippen molar-refractivity contribution in [1.29, 1.82) is 0 Å². The monoisotopic (exact) mass is 365 g/mol. The van der Waals surface area contributed by atoms with E-state index in [0.29, 0.717) is 12.8 Å². The van der Waals surface area contributed by atoms with E-state index < -0.39 is 40.6 Å². The number of hydrogen-bond acceptors (Lipinski definition) is 4. The number of nitrogens with one attached hydrogen (secondary N) is 2. The maximum atomic E-state index is 12.3. The Morgan fingerprint density at radius 3 is 2.46 bits per heavy atom. The molecule has 0 spiro atoms. The van der Waals surface area contributed by atoms with Crippen LogP contribution in [0.5, 0.6) is 0 Å². The largest absolute Gasteiger partial charge is 0.390 e. The smallest absolute Gasteiger partial charge is 0.384 e. The number of alkyl halides is 3. The Kier molecular flexibility index (Phi) is 4.82. The van der Waals surface area contributed by atoms with E-state index in [-0.39, 0.29) is 16.1 Å². The number of benzene rings is 1. The zero-order valence-corrected chi connectivity index (χ0v) is 13.7. The maximum Gasteiger partial charge on any atom is 0.390 e. The minimum Gasteiger partial charge on any atom is -0.384 e. The average Bonchev–Trinajstić information content (AvgIpc) is 3.13. The summed E-state index contributed by atoms with van der Waals surface area (Å²) in [4.78, 5) is 11.3. The fourth-order valence-corrected chi connectivity index (χ4v) is 3.55. The number of carbonyl (C=O) groups excluding carboxylic acids is 1. The van der Waals surface area contributed by atoms with E-state index in [1.54, 1.807) is 6.92 Å². The van der Waals surface area contributed by atoms with Crippen LogP contribution >= 0.6 is 0 Å². The van der Waals surface area contributed by atoms with E-state index in [1.807, 2.05) is 0 Å². The first-order valence-corrected chi connectivity index (χ1v) is 8.69. The lowest BCUT2D eigenvalue weighted by atomic mass is 10.1. The molecule has 1 amide bonds. The third-order valence-electron chi connectivity index (χ3n) is 3.67. The minimum atomic E-state index is -4.34. The Bertz CT molecular complexity index is 743. The molecule has 1 aliphatic carbocycles. The quantitative estimate of drug-likeness (QED) is 0.688. The summed E-state index contributed by atoms with van der Waals surface area (Å²) in [6, 6.07) is 3.52. The number of amides is 1. The molecule has 1 saturated carbocycles. The molecule has 4 N–H and O–H groups in total. The standard InChI is InChI=1S/C14H18F3N3O3S/c1-13(4-5-13)20-24(22,23)9-2-3-11(10(8-9)12(18)21)19-7-6-14(15,16)17/h2-3,8,19-20H,4-7H2,1H3,(H2,18,21). The van der Waals surface area contributed by atoms with Crippen molar-refractivity contribution in [2.24, 2.45) is 5.73 Å². The lowest BCUT2D eigenvalue weighted by Gasteiger charge is -2.15. The molecular weight excluding hydrogens is 347 g/mol. The Balaban J connectivity index is 2.21. The Morgan fingerprint density at radius 1 is 1.33 bits per heavy atom. The highest BCUT2D eigenvalue weighted by molar-refractivity contribution is 7.89.